The van der Waals surface area contributed by atoms with E-state index >= 15 is 0 Å². The van der Waals surface area contributed by atoms with E-state index in [0.717, 1.165) is 12.6 Å². The Morgan fingerprint density at radius 2 is 1.75 bits per heavy atom. The van der Waals surface area contributed by atoms with Crippen LogP contribution in [0.3, 0.4) is 0 Å². The standard InChI is InChI=1S/C11H12F3NO/c1-8-3-5-9(6-4-8)7-15(2)10(16)11(12,13)14/h3-6H,7H2,1-2H3. The first kappa shape index (κ1) is 12.5. The molecule has 0 radical (unpaired) electrons. The fraction of sp³-hybridized carbons (Fsp3) is 0.364. The molecule has 88 valence electrons. The van der Waals surface area contributed by atoms with E-state index in [1.165, 1.54) is 0 Å². The number of alkyl halides is 3. The van der Waals surface area contributed by atoms with Gasteiger partial charge in [-0.25, -0.2) is 0 Å². The average molecular weight is 231 g/mol. The number of amides is 1. The van der Waals surface area contributed by atoms with Gasteiger partial charge in [0, 0.05) is 13.6 Å². The minimum Gasteiger partial charge on any atom is -0.334 e. The van der Waals surface area contributed by atoms with Crippen molar-refractivity contribution in [2.45, 2.75) is 19.6 Å². The van der Waals surface area contributed by atoms with Crippen molar-refractivity contribution < 1.29 is 18.0 Å². The quantitative estimate of drug-likeness (QED) is 0.765. The van der Waals surface area contributed by atoms with E-state index in [0.29, 0.717) is 10.5 Å². The Bertz CT molecular complexity index is 370. The molecule has 0 atom stereocenters. The monoisotopic (exact) mass is 231 g/mol. The van der Waals surface area contributed by atoms with Gasteiger partial charge in [-0.2, -0.15) is 13.2 Å². The third-order valence-electron chi connectivity index (χ3n) is 2.13. The maximum atomic E-state index is 12.1. The van der Waals surface area contributed by atoms with E-state index in [9.17, 15) is 18.0 Å². The number of benzene rings is 1. The summed E-state index contributed by atoms with van der Waals surface area (Å²) in [6.45, 7) is 1.84. The van der Waals surface area contributed by atoms with Crippen LogP contribution in [0.5, 0.6) is 0 Å². The summed E-state index contributed by atoms with van der Waals surface area (Å²) in [7, 11) is 1.13. The van der Waals surface area contributed by atoms with Crippen LogP contribution in [-0.4, -0.2) is 24.0 Å². The van der Waals surface area contributed by atoms with Crippen LogP contribution in [0.4, 0.5) is 13.2 Å². The predicted molar refractivity (Wildman–Crippen MR) is 53.7 cm³/mol. The van der Waals surface area contributed by atoms with Gasteiger partial charge in [0.15, 0.2) is 0 Å². The summed E-state index contributed by atoms with van der Waals surface area (Å²) in [4.78, 5) is 11.5. The van der Waals surface area contributed by atoms with Gasteiger partial charge in [-0.1, -0.05) is 29.8 Å². The first-order valence-corrected chi connectivity index (χ1v) is 4.68. The lowest BCUT2D eigenvalue weighted by Gasteiger charge is -2.18. The Kier molecular flexibility index (Phi) is 3.57. The van der Waals surface area contributed by atoms with Crippen LogP contribution in [0.25, 0.3) is 0 Å². The van der Waals surface area contributed by atoms with E-state index < -0.39 is 12.1 Å². The summed E-state index contributed by atoms with van der Waals surface area (Å²) in [6.07, 6.45) is -4.81. The van der Waals surface area contributed by atoms with Crippen molar-refractivity contribution in [1.29, 1.82) is 0 Å². The lowest BCUT2D eigenvalue weighted by Crippen LogP contribution is -2.37. The zero-order valence-corrected chi connectivity index (χ0v) is 9.01. The fourth-order valence-corrected chi connectivity index (χ4v) is 1.26. The smallest absolute Gasteiger partial charge is 0.334 e. The Hall–Kier alpha value is -1.52. The molecule has 16 heavy (non-hydrogen) atoms. The Morgan fingerprint density at radius 3 is 2.19 bits per heavy atom. The Labute approximate surface area is 91.7 Å². The number of hydrogen-bond donors (Lipinski definition) is 0. The number of carbonyl (C=O) groups excluding carboxylic acids is 1. The summed E-state index contributed by atoms with van der Waals surface area (Å²) in [5, 5.41) is 0. The maximum Gasteiger partial charge on any atom is 0.471 e. The molecule has 1 aromatic rings. The molecule has 1 rings (SSSR count). The second-order valence-electron chi connectivity index (χ2n) is 3.64. The van der Waals surface area contributed by atoms with Crippen LogP contribution >= 0.6 is 0 Å². The highest BCUT2D eigenvalue weighted by Crippen LogP contribution is 2.18. The van der Waals surface area contributed by atoms with Gasteiger partial charge in [-0.15, -0.1) is 0 Å². The second-order valence-corrected chi connectivity index (χ2v) is 3.64. The molecule has 1 aromatic carbocycles. The van der Waals surface area contributed by atoms with Crippen molar-refractivity contribution in [3.05, 3.63) is 35.4 Å². The van der Waals surface area contributed by atoms with Crippen LogP contribution in [0.1, 0.15) is 11.1 Å². The van der Waals surface area contributed by atoms with E-state index in [2.05, 4.69) is 0 Å². The van der Waals surface area contributed by atoms with Gasteiger partial charge in [0.25, 0.3) is 0 Å². The molecule has 0 saturated carbocycles. The maximum absolute atomic E-state index is 12.1. The molecular formula is C11H12F3NO. The van der Waals surface area contributed by atoms with Gasteiger partial charge in [0.2, 0.25) is 0 Å². The molecule has 0 bridgehead atoms. The molecule has 5 heteroatoms. The predicted octanol–water partition coefficient (Wildman–Crippen LogP) is 2.52. The van der Waals surface area contributed by atoms with E-state index in [-0.39, 0.29) is 6.54 Å². The van der Waals surface area contributed by atoms with Crippen molar-refractivity contribution >= 4 is 5.91 Å². The SMILES string of the molecule is Cc1ccc(CN(C)C(=O)C(F)(F)F)cc1. The highest BCUT2D eigenvalue weighted by molar-refractivity contribution is 5.81. The van der Waals surface area contributed by atoms with Crippen LogP contribution < -0.4 is 0 Å². The van der Waals surface area contributed by atoms with E-state index in [1.54, 1.807) is 24.3 Å². The van der Waals surface area contributed by atoms with Gasteiger partial charge in [-0.05, 0) is 12.5 Å². The average Bonchev–Trinajstić information content (AvgIpc) is 2.19. The summed E-state index contributed by atoms with van der Waals surface area (Å²) < 4.78 is 36.2. The van der Waals surface area contributed by atoms with Crippen molar-refractivity contribution in [3.8, 4) is 0 Å². The first-order chi connectivity index (χ1) is 7.30. The molecule has 2 nitrogen and oxygen atoms in total. The minimum atomic E-state index is -4.81. The normalized spacial score (nSPS) is 11.3. The minimum absolute atomic E-state index is 0.0430. The van der Waals surface area contributed by atoms with Crippen LogP contribution in [0.2, 0.25) is 0 Å². The fourth-order valence-electron chi connectivity index (χ4n) is 1.26. The number of rotatable bonds is 2. The largest absolute Gasteiger partial charge is 0.471 e. The van der Waals surface area contributed by atoms with Crippen molar-refractivity contribution in [1.82, 2.24) is 4.90 Å². The van der Waals surface area contributed by atoms with Gasteiger partial charge < -0.3 is 4.90 Å². The van der Waals surface area contributed by atoms with Crippen LogP contribution in [0.15, 0.2) is 24.3 Å². The Balaban J connectivity index is 2.68. The number of halogens is 3. The molecule has 0 aromatic heterocycles. The molecule has 0 unspecified atom stereocenters. The number of aryl methyl sites for hydroxylation is 1. The number of hydrogen-bond acceptors (Lipinski definition) is 1. The molecular weight excluding hydrogens is 219 g/mol. The zero-order chi connectivity index (χ0) is 12.3. The summed E-state index contributed by atoms with van der Waals surface area (Å²) >= 11 is 0. The Morgan fingerprint density at radius 1 is 1.25 bits per heavy atom. The van der Waals surface area contributed by atoms with E-state index in [1.807, 2.05) is 6.92 Å². The lowest BCUT2D eigenvalue weighted by atomic mass is 10.1. The van der Waals surface area contributed by atoms with Crippen molar-refractivity contribution in [2.75, 3.05) is 7.05 Å². The first-order valence-electron chi connectivity index (χ1n) is 4.68. The molecule has 0 fully saturated rings. The van der Waals surface area contributed by atoms with Gasteiger partial charge in [-0.3, -0.25) is 4.79 Å². The molecule has 0 aliphatic heterocycles. The lowest BCUT2D eigenvalue weighted by molar-refractivity contribution is -0.184. The molecule has 1 amide bonds. The summed E-state index contributed by atoms with van der Waals surface area (Å²) in [6, 6.07) is 6.99. The highest BCUT2D eigenvalue weighted by atomic mass is 19.4. The number of carbonyl (C=O) groups is 1. The number of nitrogens with zero attached hydrogens (tertiary/aromatic N) is 1. The summed E-state index contributed by atoms with van der Waals surface area (Å²) in [5.41, 5.74) is 1.69. The molecule has 0 aliphatic rings. The third kappa shape index (κ3) is 3.25. The molecule has 0 aliphatic carbocycles. The zero-order valence-electron chi connectivity index (χ0n) is 9.01. The van der Waals surface area contributed by atoms with Gasteiger partial charge in [0.05, 0.1) is 0 Å². The molecule has 0 spiro atoms. The third-order valence-corrected chi connectivity index (χ3v) is 2.13. The summed E-state index contributed by atoms with van der Waals surface area (Å²) in [5.74, 6) is -1.83. The second kappa shape index (κ2) is 4.55. The van der Waals surface area contributed by atoms with Crippen LogP contribution in [-0.2, 0) is 11.3 Å². The molecule has 0 heterocycles. The molecule has 0 N–H and O–H groups in total. The van der Waals surface area contributed by atoms with Gasteiger partial charge >= 0.3 is 12.1 Å². The highest BCUT2D eigenvalue weighted by Gasteiger charge is 2.41. The van der Waals surface area contributed by atoms with E-state index in [4.69, 9.17) is 0 Å². The molecule has 0 saturated heterocycles. The van der Waals surface area contributed by atoms with Gasteiger partial charge in [0.1, 0.15) is 0 Å². The van der Waals surface area contributed by atoms with Crippen molar-refractivity contribution in [3.63, 3.8) is 0 Å². The van der Waals surface area contributed by atoms with Crippen molar-refractivity contribution in [2.24, 2.45) is 0 Å². The van der Waals surface area contributed by atoms with Crippen LogP contribution in [0, 0.1) is 6.92 Å². The topological polar surface area (TPSA) is 20.3 Å².